The highest BCUT2D eigenvalue weighted by molar-refractivity contribution is 6.30. The van der Waals surface area contributed by atoms with E-state index in [2.05, 4.69) is 11.8 Å². The minimum absolute atomic E-state index is 0.619. The van der Waals surface area contributed by atoms with Gasteiger partial charge >= 0.3 is 0 Å². The van der Waals surface area contributed by atoms with Gasteiger partial charge in [0.05, 0.1) is 0 Å². The largest absolute Gasteiger partial charge is 0.237 e. The molecule has 0 atom stereocenters. The summed E-state index contributed by atoms with van der Waals surface area (Å²) in [5.41, 5.74) is 0.746. The standard InChI is InChI=1S/C9H6ClF/c10-9-5-1-3-8(7-9)4-2-6-11/h1,3,5,7H,6H2. The van der Waals surface area contributed by atoms with E-state index in [1.54, 1.807) is 24.3 Å². The molecule has 0 heterocycles. The molecule has 0 amide bonds. The molecule has 1 rings (SSSR count). The third-order valence-corrected chi connectivity index (χ3v) is 1.36. The molecule has 0 saturated carbocycles. The van der Waals surface area contributed by atoms with E-state index in [0.29, 0.717) is 5.02 Å². The molecule has 11 heavy (non-hydrogen) atoms. The fraction of sp³-hybridized carbons (Fsp3) is 0.111. The van der Waals surface area contributed by atoms with Crippen molar-refractivity contribution in [1.82, 2.24) is 0 Å². The summed E-state index contributed by atoms with van der Waals surface area (Å²) in [6.45, 7) is -0.619. The van der Waals surface area contributed by atoms with Crippen LogP contribution in [-0.2, 0) is 0 Å². The van der Waals surface area contributed by atoms with Gasteiger partial charge in [0.1, 0.15) is 0 Å². The molecule has 0 aliphatic carbocycles. The highest BCUT2D eigenvalue weighted by Gasteiger charge is 1.87. The van der Waals surface area contributed by atoms with Gasteiger partial charge in [0.2, 0.25) is 0 Å². The quantitative estimate of drug-likeness (QED) is 0.523. The molecule has 0 aliphatic rings. The fourth-order valence-corrected chi connectivity index (χ4v) is 0.892. The van der Waals surface area contributed by atoms with E-state index in [9.17, 15) is 4.39 Å². The Labute approximate surface area is 70.0 Å². The van der Waals surface area contributed by atoms with Gasteiger partial charge in [-0.05, 0) is 18.2 Å². The summed E-state index contributed by atoms with van der Waals surface area (Å²) in [4.78, 5) is 0. The number of halogens is 2. The van der Waals surface area contributed by atoms with Gasteiger partial charge in [0.25, 0.3) is 0 Å². The molecule has 2 heteroatoms. The second-order valence-corrected chi connectivity index (χ2v) is 2.38. The van der Waals surface area contributed by atoms with Crippen molar-refractivity contribution < 1.29 is 4.39 Å². The molecule has 0 bridgehead atoms. The first-order valence-electron chi connectivity index (χ1n) is 3.13. The number of hydrogen-bond donors (Lipinski definition) is 0. The monoisotopic (exact) mass is 168 g/mol. The van der Waals surface area contributed by atoms with Crippen LogP contribution in [0.25, 0.3) is 0 Å². The molecule has 0 unspecified atom stereocenters. The van der Waals surface area contributed by atoms with Crippen LogP contribution < -0.4 is 0 Å². The van der Waals surface area contributed by atoms with Crippen LogP contribution in [0.3, 0.4) is 0 Å². The van der Waals surface area contributed by atoms with E-state index in [4.69, 9.17) is 11.6 Å². The first-order chi connectivity index (χ1) is 5.33. The van der Waals surface area contributed by atoms with Crippen molar-refractivity contribution in [1.29, 1.82) is 0 Å². The van der Waals surface area contributed by atoms with Crippen LogP contribution in [0.2, 0.25) is 5.02 Å². The van der Waals surface area contributed by atoms with E-state index in [0.717, 1.165) is 5.56 Å². The Bertz CT molecular complexity index is 296. The van der Waals surface area contributed by atoms with Crippen molar-refractivity contribution in [2.24, 2.45) is 0 Å². The van der Waals surface area contributed by atoms with Crippen LogP contribution >= 0.6 is 11.6 Å². The zero-order valence-electron chi connectivity index (χ0n) is 5.77. The summed E-state index contributed by atoms with van der Waals surface area (Å²) in [7, 11) is 0. The molecule has 0 radical (unpaired) electrons. The summed E-state index contributed by atoms with van der Waals surface area (Å²) in [6, 6.07) is 7.02. The fourth-order valence-electron chi connectivity index (χ4n) is 0.702. The average molecular weight is 169 g/mol. The molecular formula is C9H6ClF. The number of hydrogen-bond acceptors (Lipinski definition) is 0. The lowest BCUT2D eigenvalue weighted by Gasteiger charge is -1.89. The van der Waals surface area contributed by atoms with Gasteiger partial charge in [-0.3, -0.25) is 0 Å². The molecule has 0 N–H and O–H groups in total. The topological polar surface area (TPSA) is 0 Å². The Kier molecular flexibility index (Phi) is 2.95. The highest BCUT2D eigenvalue weighted by Crippen LogP contribution is 2.08. The van der Waals surface area contributed by atoms with Crippen LogP contribution in [-0.4, -0.2) is 6.67 Å². The minimum atomic E-state index is -0.619. The molecule has 0 saturated heterocycles. The van der Waals surface area contributed by atoms with Gasteiger partial charge in [-0.25, -0.2) is 4.39 Å². The first kappa shape index (κ1) is 8.10. The van der Waals surface area contributed by atoms with Crippen molar-refractivity contribution in [2.45, 2.75) is 0 Å². The number of alkyl halides is 1. The maximum Gasteiger partial charge on any atom is 0.150 e. The maximum atomic E-state index is 11.6. The van der Waals surface area contributed by atoms with Gasteiger partial charge in [-0.1, -0.05) is 29.5 Å². The highest BCUT2D eigenvalue weighted by atomic mass is 35.5. The lowest BCUT2D eigenvalue weighted by molar-refractivity contribution is 0.573. The summed E-state index contributed by atoms with van der Waals surface area (Å²) in [5, 5.41) is 0.621. The van der Waals surface area contributed by atoms with E-state index in [1.165, 1.54) is 0 Å². The first-order valence-corrected chi connectivity index (χ1v) is 3.51. The molecule has 1 aromatic carbocycles. The van der Waals surface area contributed by atoms with Gasteiger partial charge in [0, 0.05) is 10.6 Å². The van der Waals surface area contributed by atoms with Crippen molar-refractivity contribution in [2.75, 3.05) is 6.67 Å². The Morgan fingerprint density at radius 1 is 1.45 bits per heavy atom. The van der Waals surface area contributed by atoms with Gasteiger partial charge in [-0.15, -0.1) is 0 Å². The van der Waals surface area contributed by atoms with E-state index < -0.39 is 6.67 Å². The molecule has 0 nitrogen and oxygen atoms in total. The van der Waals surface area contributed by atoms with Crippen LogP contribution in [0.5, 0.6) is 0 Å². The molecule has 0 aliphatic heterocycles. The smallest absolute Gasteiger partial charge is 0.150 e. The lowest BCUT2D eigenvalue weighted by Crippen LogP contribution is -1.73. The second-order valence-electron chi connectivity index (χ2n) is 1.95. The molecule has 0 aromatic heterocycles. The Morgan fingerprint density at radius 2 is 2.27 bits per heavy atom. The minimum Gasteiger partial charge on any atom is -0.237 e. The van der Waals surface area contributed by atoms with E-state index in [-0.39, 0.29) is 0 Å². The summed E-state index contributed by atoms with van der Waals surface area (Å²) in [5.74, 6) is 4.94. The van der Waals surface area contributed by atoms with Crippen LogP contribution in [0.15, 0.2) is 24.3 Å². The normalized spacial score (nSPS) is 8.55. The zero-order valence-corrected chi connectivity index (χ0v) is 6.53. The van der Waals surface area contributed by atoms with Crippen LogP contribution in [0.1, 0.15) is 5.56 Å². The predicted molar refractivity (Wildman–Crippen MR) is 44.3 cm³/mol. The molecule has 56 valence electrons. The van der Waals surface area contributed by atoms with Crippen LogP contribution in [0.4, 0.5) is 4.39 Å². The summed E-state index contributed by atoms with van der Waals surface area (Å²) < 4.78 is 11.6. The number of benzene rings is 1. The summed E-state index contributed by atoms with van der Waals surface area (Å²) >= 11 is 5.66. The lowest BCUT2D eigenvalue weighted by atomic mass is 10.2. The van der Waals surface area contributed by atoms with Crippen molar-refractivity contribution in [3.63, 3.8) is 0 Å². The van der Waals surface area contributed by atoms with E-state index >= 15 is 0 Å². The molecule has 0 fully saturated rings. The summed E-state index contributed by atoms with van der Waals surface area (Å²) in [6.07, 6.45) is 0. The van der Waals surface area contributed by atoms with Gasteiger partial charge in [-0.2, -0.15) is 0 Å². The molecular weight excluding hydrogens is 163 g/mol. The number of rotatable bonds is 0. The van der Waals surface area contributed by atoms with Gasteiger partial charge < -0.3 is 0 Å². The SMILES string of the molecule is FCC#Cc1cccc(Cl)c1. The average Bonchev–Trinajstić information content (AvgIpc) is 2.01. The maximum absolute atomic E-state index is 11.6. The van der Waals surface area contributed by atoms with E-state index in [1.807, 2.05) is 0 Å². The Morgan fingerprint density at radius 3 is 2.91 bits per heavy atom. The second kappa shape index (κ2) is 4.00. The predicted octanol–water partition coefficient (Wildman–Crippen LogP) is 2.66. The van der Waals surface area contributed by atoms with Crippen molar-refractivity contribution >= 4 is 11.6 Å². The van der Waals surface area contributed by atoms with Crippen molar-refractivity contribution in [3.05, 3.63) is 34.9 Å². The van der Waals surface area contributed by atoms with Crippen LogP contribution in [0, 0.1) is 11.8 Å². The molecule has 0 spiro atoms. The third kappa shape index (κ3) is 2.61. The Hall–Kier alpha value is -1.00. The third-order valence-electron chi connectivity index (χ3n) is 1.12. The molecule has 1 aromatic rings. The van der Waals surface area contributed by atoms with Gasteiger partial charge in [0.15, 0.2) is 6.67 Å². The zero-order chi connectivity index (χ0) is 8.10. The Balaban J connectivity index is 2.87. The van der Waals surface area contributed by atoms with Crippen molar-refractivity contribution in [3.8, 4) is 11.8 Å².